The molecule has 2 unspecified atom stereocenters. The smallest absolute Gasteiger partial charge is 0.226 e. The Morgan fingerprint density at radius 3 is 2.89 bits per heavy atom. The van der Waals surface area contributed by atoms with Crippen molar-refractivity contribution in [3.63, 3.8) is 0 Å². The van der Waals surface area contributed by atoms with Gasteiger partial charge in [0.2, 0.25) is 5.95 Å². The van der Waals surface area contributed by atoms with Crippen molar-refractivity contribution in [3.8, 4) is 11.5 Å². The van der Waals surface area contributed by atoms with Crippen LogP contribution in [0.1, 0.15) is 45.2 Å². The molecule has 148 valence electrons. The minimum Gasteiger partial charge on any atom is -0.493 e. The molecule has 7 nitrogen and oxygen atoms in total. The van der Waals surface area contributed by atoms with Crippen molar-refractivity contribution in [2.24, 2.45) is 11.3 Å². The van der Waals surface area contributed by atoms with Gasteiger partial charge in [-0.1, -0.05) is 32.9 Å². The Kier molecular flexibility index (Phi) is 4.61. The van der Waals surface area contributed by atoms with Crippen LogP contribution in [0.2, 0.25) is 0 Å². The maximum atomic E-state index is 13.1. The lowest BCUT2D eigenvalue weighted by Gasteiger charge is -2.40. The molecule has 0 saturated heterocycles. The van der Waals surface area contributed by atoms with Crippen molar-refractivity contribution in [3.05, 3.63) is 41.9 Å². The summed E-state index contributed by atoms with van der Waals surface area (Å²) in [7, 11) is 1.63. The number of hydrogen-bond donors (Lipinski definition) is 1. The van der Waals surface area contributed by atoms with E-state index >= 15 is 0 Å². The summed E-state index contributed by atoms with van der Waals surface area (Å²) in [6.45, 7) is 6.84. The summed E-state index contributed by atoms with van der Waals surface area (Å²) in [6.07, 6.45) is 5.08. The summed E-state index contributed by atoms with van der Waals surface area (Å²) >= 11 is 0. The minimum atomic E-state index is -0.325. The van der Waals surface area contributed by atoms with Crippen molar-refractivity contribution >= 4 is 11.7 Å². The van der Waals surface area contributed by atoms with Crippen LogP contribution in [0.5, 0.6) is 11.5 Å². The zero-order chi connectivity index (χ0) is 19.9. The molecule has 1 aromatic heterocycles. The van der Waals surface area contributed by atoms with Crippen LogP contribution in [0.15, 0.2) is 36.3 Å². The van der Waals surface area contributed by atoms with Gasteiger partial charge in [-0.3, -0.25) is 4.79 Å². The van der Waals surface area contributed by atoms with Crippen molar-refractivity contribution in [2.75, 3.05) is 19.0 Å². The maximum absolute atomic E-state index is 13.1. The number of benzene rings is 1. The minimum absolute atomic E-state index is 0.182. The molecule has 2 heterocycles. The molecule has 4 rings (SSSR count). The van der Waals surface area contributed by atoms with Crippen LogP contribution in [0.4, 0.5) is 5.95 Å². The number of hydrogen-bond acceptors (Lipinski definition) is 6. The second kappa shape index (κ2) is 6.96. The number of aromatic nitrogens is 3. The molecule has 7 heteroatoms. The first-order chi connectivity index (χ1) is 13.4. The average molecular weight is 382 g/mol. The number of nitrogens with one attached hydrogen (secondary N) is 1. The molecule has 1 aromatic carbocycles. The summed E-state index contributed by atoms with van der Waals surface area (Å²) in [5.41, 5.74) is 1.66. The lowest BCUT2D eigenvalue weighted by Crippen LogP contribution is -2.42. The molecule has 0 bridgehead atoms. The summed E-state index contributed by atoms with van der Waals surface area (Å²) in [5.74, 6) is 1.87. The predicted molar refractivity (Wildman–Crippen MR) is 106 cm³/mol. The lowest BCUT2D eigenvalue weighted by atomic mass is 9.72. The molecule has 2 atom stereocenters. The number of allylic oxidation sites excluding steroid dienone is 2. The van der Waals surface area contributed by atoms with Crippen molar-refractivity contribution in [1.82, 2.24) is 14.8 Å². The predicted octanol–water partition coefficient (Wildman–Crippen LogP) is 3.59. The Balaban J connectivity index is 1.81. The van der Waals surface area contributed by atoms with E-state index in [1.54, 1.807) is 11.8 Å². The van der Waals surface area contributed by atoms with Gasteiger partial charge in [0, 0.05) is 12.1 Å². The summed E-state index contributed by atoms with van der Waals surface area (Å²) in [6, 6.07) is 5.56. The molecule has 0 amide bonds. The Morgan fingerprint density at radius 2 is 2.14 bits per heavy atom. The van der Waals surface area contributed by atoms with Crippen LogP contribution in [0, 0.1) is 11.3 Å². The fourth-order valence-electron chi connectivity index (χ4n) is 4.10. The van der Waals surface area contributed by atoms with Crippen molar-refractivity contribution in [1.29, 1.82) is 0 Å². The molecule has 1 N–H and O–H groups in total. The van der Waals surface area contributed by atoms with Crippen LogP contribution < -0.4 is 14.8 Å². The molecule has 0 saturated carbocycles. The quantitative estimate of drug-likeness (QED) is 0.851. The number of anilines is 1. The molecule has 2 aromatic rings. The highest BCUT2D eigenvalue weighted by Gasteiger charge is 2.44. The highest BCUT2D eigenvalue weighted by Crippen LogP contribution is 2.46. The monoisotopic (exact) mass is 382 g/mol. The van der Waals surface area contributed by atoms with Crippen LogP contribution in [-0.2, 0) is 4.79 Å². The van der Waals surface area contributed by atoms with E-state index in [0.717, 1.165) is 17.7 Å². The Labute approximate surface area is 164 Å². The van der Waals surface area contributed by atoms with Gasteiger partial charge in [-0.2, -0.15) is 10.1 Å². The number of carbonyl (C=O) groups is 1. The molecule has 2 aliphatic rings. The normalized spacial score (nSPS) is 22.6. The molecule has 0 radical (unpaired) electrons. The third-order valence-electron chi connectivity index (χ3n) is 5.26. The molecule has 0 spiro atoms. The zero-order valence-corrected chi connectivity index (χ0v) is 16.7. The van der Waals surface area contributed by atoms with Gasteiger partial charge < -0.3 is 14.8 Å². The van der Waals surface area contributed by atoms with Gasteiger partial charge in [-0.25, -0.2) is 4.68 Å². The van der Waals surface area contributed by atoms with Gasteiger partial charge in [-0.05, 0) is 29.5 Å². The fraction of sp³-hybridized carbons (Fsp3) is 0.476. The van der Waals surface area contributed by atoms with Crippen molar-refractivity contribution in [2.45, 2.75) is 39.7 Å². The molecule has 28 heavy (non-hydrogen) atoms. The molecule has 0 fully saturated rings. The number of fused-ring (bicyclic) bond motifs is 2. The highest BCUT2D eigenvalue weighted by atomic mass is 16.5. The number of carbonyl (C=O) groups excluding carboxylic acids is 1. The van der Waals surface area contributed by atoms with E-state index in [1.807, 2.05) is 18.2 Å². The largest absolute Gasteiger partial charge is 0.493 e. The number of Topliss-reactive ketones (excluding diaryl/α,β-unsaturated/α-hetero) is 1. The van der Waals surface area contributed by atoms with E-state index in [1.165, 1.54) is 6.33 Å². The molecular formula is C21H26N4O3. The number of ketones is 1. The van der Waals surface area contributed by atoms with Crippen LogP contribution in [0.25, 0.3) is 0 Å². The molecular weight excluding hydrogens is 356 g/mol. The second-order valence-corrected chi connectivity index (χ2v) is 8.07. The molecule has 1 aliphatic heterocycles. The van der Waals surface area contributed by atoms with Gasteiger partial charge in [0.25, 0.3) is 0 Å². The number of methoxy groups -OCH3 is 1. The summed E-state index contributed by atoms with van der Waals surface area (Å²) in [4.78, 5) is 17.5. The number of rotatable bonds is 5. The van der Waals surface area contributed by atoms with Crippen LogP contribution >= 0.6 is 0 Å². The van der Waals surface area contributed by atoms with Gasteiger partial charge in [0.05, 0.1) is 25.7 Å². The van der Waals surface area contributed by atoms with Crippen LogP contribution in [-0.4, -0.2) is 34.3 Å². The first kappa shape index (κ1) is 18.5. The zero-order valence-electron chi connectivity index (χ0n) is 16.7. The van der Waals surface area contributed by atoms with Gasteiger partial charge in [0.15, 0.2) is 11.5 Å². The Hall–Kier alpha value is -2.83. The number of nitrogens with zero attached hydrogens (tertiary/aromatic N) is 3. The standard InChI is InChI=1S/C21H26N4O3/c1-5-8-28-16-7-6-13(9-17(16)27-4)19-18-14(10-21(2,3)11-15(18)26)24-20-22-12-23-25(19)20/h6-7,9-10,12,18-19H,5,8,11H2,1-4H3,(H,22,23,24). The first-order valence-electron chi connectivity index (χ1n) is 9.66. The highest BCUT2D eigenvalue weighted by molar-refractivity contribution is 5.88. The summed E-state index contributed by atoms with van der Waals surface area (Å²) in [5, 5.41) is 7.70. The fourth-order valence-corrected chi connectivity index (χ4v) is 4.10. The maximum Gasteiger partial charge on any atom is 0.226 e. The lowest BCUT2D eigenvalue weighted by molar-refractivity contribution is -0.125. The van der Waals surface area contributed by atoms with Gasteiger partial charge >= 0.3 is 0 Å². The van der Waals surface area contributed by atoms with E-state index in [4.69, 9.17) is 9.47 Å². The SMILES string of the molecule is CCCOc1ccc(C2C3C(=O)CC(C)(C)C=C3Nc3ncnn32)cc1OC. The van der Waals surface area contributed by atoms with E-state index in [0.29, 0.717) is 30.5 Å². The Bertz CT molecular complexity index is 931. The number of ether oxygens (including phenoxy) is 2. The van der Waals surface area contributed by atoms with E-state index < -0.39 is 0 Å². The van der Waals surface area contributed by atoms with E-state index in [2.05, 4.69) is 42.2 Å². The second-order valence-electron chi connectivity index (χ2n) is 8.07. The first-order valence-corrected chi connectivity index (χ1v) is 9.66. The van der Waals surface area contributed by atoms with Crippen LogP contribution in [0.3, 0.4) is 0 Å². The van der Waals surface area contributed by atoms with Gasteiger partial charge in [-0.15, -0.1) is 0 Å². The third-order valence-corrected chi connectivity index (χ3v) is 5.26. The average Bonchev–Trinajstić information content (AvgIpc) is 3.11. The van der Waals surface area contributed by atoms with E-state index in [-0.39, 0.29) is 23.2 Å². The summed E-state index contributed by atoms with van der Waals surface area (Å²) < 4.78 is 13.1. The van der Waals surface area contributed by atoms with Gasteiger partial charge in [0.1, 0.15) is 12.1 Å². The Morgan fingerprint density at radius 1 is 1.32 bits per heavy atom. The van der Waals surface area contributed by atoms with E-state index in [9.17, 15) is 4.79 Å². The third kappa shape index (κ3) is 3.15. The van der Waals surface area contributed by atoms with Crippen molar-refractivity contribution < 1.29 is 14.3 Å². The molecule has 1 aliphatic carbocycles. The topological polar surface area (TPSA) is 78.3 Å².